The fourth-order valence-electron chi connectivity index (χ4n) is 2.63. The number of ether oxygens (including phenoxy) is 3. The molecule has 0 aromatic rings. The molecular formula is C28H52BrClN6O10. The Morgan fingerprint density at radius 1 is 0.848 bits per heavy atom. The number of carbonyl (C=O) groups is 7. The third kappa shape index (κ3) is 28.5. The molecule has 0 aromatic carbocycles. The molecule has 1 fully saturated rings. The molecule has 0 spiro atoms. The zero-order valence-electron chi connectivity index (χ0n) is 28.2. The maximum Gasteiger partial charge on any atom is 0.407 e. The van der Waals surface area contributed by atoms with E-state index in [0.717, 1.165) is 11.8 Å². The number of halogens is 2. The average molecular weight is 748 g/mol. The quantitative estimate of drug-likeness (QED) is 0.0480. The van der Waals surface area contributed by atoms with Gasteiger partial charge in [-0.1, -0.05) is 15.9 Å². The Morgan fingerprint density at radius 3 is 1.63 bits per heavy atom. The van der Waals surface area contributed by atoms with Crippen molar-refractivity contribution in [1.82, 2.24) is 20.4 Å². The maximum absolute atomic E-state index is 11.8. The summed E-state index contributed by atoms with van der Waals surface area (Å²) in [6.07, 6.45) is 0.502. The number of esters is 1. The van der Waals surface area contributed by atoms with Gasteiger partial charge in [0, 0.05) is 58.1 Å². The number of Topliss-reactive ketones (excluding diaryl/α,β-unsaturated/α-hetero) is 1. The summed E-state index contributed by atoms with van der Waals surface area (Å²) in [6, 6.07) is 0. The van der Waals surface area contributed by atoms with E-state index in [9.17, 15) is 33.6 Å². The SMILES string of the molecule is CC(C)(C)OC(=O)NCCCBr.CC(C)(C)OC(=O)NCCCN1CCN(C(=O)Cl)C(=O)C1=O.CCOC(=O)C(C)=O.NCCN. The predicted molar refractivity (Wildman–Crippen MR) is 176 cm³/mol. The number of amides is 5. The van der Waals surface area contributed by atoms with E-state index in [1.807, 2.05) is 20.8 Å². The van der Waals surface area contributed by atoms with Gasteiger partial charge in [0.05, 0.1) is 6.61 Å². The van der Waals surface area contributed by atoms with Gasteiger partial charge < -0.3 is 41.2 Å². The van der Waals surface area contributed by atoms with Crippen LogP contribution in [0.2, 0.25) is 0 Å². The lowest BCUT2D eigenvalue weighted by Crippen LogP contribution is -2.55. The summed E-state index contributed by atoms with van der Waals surface area (Å²) in [5.41, 5.74) is 8.83. The second-order valence-corrected chi connectivity index (χ2v) is 12.2. The molecule has 6 N–H and O–H groups in total. The van der Waals surface area contributed by atoms with Gasteiger partial charge >= 0.3 is 35.3 Å². The third-order valence-corrected chi connectivity index (χ3v) is 5.27. The second-order valence-electron chi connectivity index (χ2n) is 11.1. The van der Waals surface area contributed by atoms with Gasteiger partial charge in [0.15, 0.2) is 0 Å². The van der Waals surface area contributed by atoms with Gasteiger partial charge in [-0.05, 0) is 72.9 Å². The first-order valence-electron chi connectivity index (χ1n) is 14.5. The van der Waals surface area contributed by atoms with Crippen LogP contribution in [0.5, 0.6) is 0 Å². The highest BCUT2D eigenvalue weighted by atomic mass is 79.9. The maximum atomic E-state index is 11.8. The van der Waals surface area contributed by atoms with E-state index in [-0.39, 0.29) is 25.8 Å². The fraction of sp³-hybridized carbons (Fsp3) is 0.750. The van der Waals surface area contributed by atoms with Crippen molar-refractivity contribution >= 4 is 68.7 Å². The Bertz CT molecular complexity index is 971. The van der Waals surface area contributed by atoms with Gasteiger partial charge in [-0.25, -0.2) is 14.4 Å². The number of alkyl halides is 1. The molecule has 1 saturated heterocycles. The van der Waals surface area contributed by atoms with E-state index >= 15 is 0 Å². The van der Waals surface area contributed by atoms with Crippen LogP contribution in [0.25, 0.3) is 0 Å². The van der Waals surface area contributed by atoms with E-state index in [1.54, 1.807) is 27.7 Å². The summed E-state index contributed by atoms with van der Waals surface area (Å²) in [5.74, 6) is -3.00. The predicted octanol–water partition coefficient (Wildman–Crippen LogP) is 2.27. The molecule has 1 aliphatic rings. The number of nitrogens with two attached hydrogens (primary N) is 2. The van der Waals surface area contributed by atoms with Crippen molar-refractivity contribution in [3.05, 3.63) is 0 Å². The topological polar surface area (TPSA) is 230 Å². The van der Waals surface area contributed by atoms with Gasteiger partial charge in [-0.2, -0.15) is 0 Å². The minimum absolute atomic E-state index is 0.0758. The second kappa shape index (κ2) is 26.1. The number of carbonyl (C=O) groups excluding carboxylic acids is 7. The molecule has 268 valence electrons. The van der Waals surface area contributed by atoms with Gasteiger partial charge in [0.2, 0.25) is 5.78 Å². The number of alkyl carbamates (subject to hydrolysis) is 2. The van der Waals surface area contributed by atoms with Crippen molar-refractivity contribution in [3.8, 4) is 0 Å². The summed E-state index contributed by atoms with van der Waals surface area (Å²) in [4.78, 5) is 79.0. The van der Waals surface area contributed by atoms with Crippen LogP contribution in [0, 0.1) is 0 Å². The van der Waals surface area contributed by atoms with Gasteiger partial charge in [-0.3, -0.25) is 24.1 Å². The van der Waals surface area contributed by atoms with Crippen LogP contribution in [-0.4, -0.2) is 120 Å². The van der Waals surface area contributed by atoms with Crippen LogP contribution in [0.1, 0.15) is 68.2 Å². The van der Waals surface area contributed by atoms with E-state index in [1.165, 1.54) is 11.8 Å². The Balaban J connectivity index is -0.000000643. The Morgan fingerprint density at radius 2 is 1.30 bits per heavy atom. The molecule has 1 rings (SSSR count). The van der Waals surface area contributed by atoms with Gasteiger partial charge in [-0.15, -0.1) is 0 Å². The number of nitrogens with one attached hydrogen (secondary N) is 2. The third-order valence-electron chi connectivity index (χ3n) is 4.50. The Hall–Kier alpha value is -3.02. The van der Waals surface area contributed by atoms with E-state index < -0.39 is 46.2 Å². The molecule has 0 saturated carbocycles. The van der Waals surface area contributed by atoms with E-state index in [4.69, 9.17) is 32.5 Å². The lowest BCUT2D eigenvalue weighted by atomic mass is 10.2. The molecule has 0 bridgehead atoms. The zero-order chi connectivity index (χ0) is 36.5. The smallest absolute Gasteiger partial charge is 0.407 e. The monoisotopic (exact) mass is 746 g/mol. The van der Waals surface area contributed by atoms with Crippen LogP contribution in [-0.2, 0) is 33.4 Å². The first-order valence-corrected chi connectivity index (χ1v) is 16.0. The summed E-state index contributed by atoms with van der Waals surface area (Å²) >= 11 is 8.48. The number of hydrogen-bond acceptors (Lipinski definition) is 12. The molecule has 0 radical (unpaired) electrons. The average Bonchev–Trinajstić information content (AvgIpc) is 2.92. The molecule has 1 aliphatic heterocycles. The molecule has 0 aliphatic carbocycles. The molecule has 1 heterocycles. The highest BCUT2D eigenvalue weighted by molar-refractivity contribution is 9.09. The van der Waals surface area contributed by atoms with Crippen LogP contribution in [0.3, 0.4) is 0 Å². The molecule has 0 aromatic heterocycles. The Kier molecular flexibility index (Phi) is 26.9. The number of nitrogens with zero attached hydrogens (tertiary/aromatic N) is 2. The van der Waals surface area contributed by atoms with E-state index in [0.29, 0.717) is 44.0 Å². The summed E-state index contributed by atoms with van der Waals surface area (Å²) in [7, 11) is 0. The molecule has 46 heavy (non-hydrogen) atoms. The van der Waals surface area contributed by atoms with Crippen molar-refractivity contribution in [2.75, 3.05) is 57.8 Å². The van der Waals surface area contributed by atoms with Crippen LogP contribution >= 0.6 is 27.5 Å². The van der Waals surface area contributed by atoms with Crippen molar-refractivity contribution in [2.24, 2.45) is 11.5 Å². The summed E-state index contributed by atoms with van der Waals surface area (Å²) < 4.78 is 14.4. The van der Waals surface area contributed by atoms with E-state index in [2.05, 4.69) is 31.3 Å². The largest absolute Gasteiger partial charge is 0.460 e. The van der Waals surface area contributed by atoms with Crippen molar-refractivity contribution < 1.29 is 47.8 Å². The first kappa shape index (κ1) is 47.4. The number of hydrogen-bond donors (Lipinski definition) is 4. The normalized spacial score (nSPS) is 12.5. The zero-order valence-corrected chi connectivity index (χ0v) is 30.5. The van der Waals surface area contributed by atoms with Crippen molar-refractivity contribution in [2.45, 2.75) is 79.4 Å². The van der Waals surface area contributed by atoms with Crippen LogP contribution in [0.4, 0.5) is 14.4 Å². The van der Waals surface area contributed by atoms with Crippen LogP contribution in [0.15, 0.2) is 0 Å². The highest BCUT2D eigenvalue weighted by Gasteiger charge is 2.35. The summed E-state index contributed by atoms with van der Waals surface area (Å²) in [5, 5.41) is 5.15. The summed E-state index contributed by atoms with van der Waals surface area (Å²) in [6.45, 7) is 16.7. The molecule has 5 amide bonds. The van der Waals surface area contributed by atoms with Gasteiger partial charge in [0.1, 0.15) is 11.2 Å². The Labute approximate surface area is 285 Å². The fourth-order valence-corrected chi connectivity index (χ4v) is 3.08. The minimum atomic E-state index is -0.954. The number of ketones is 1. The molecule has 0 atom stereocenters. The molecular weight excluding hydrogens is 696 g/mol. The molecule has 16 nitrogen and oxygen atoms in total. The lowest BCUT2D eigenvalue weighted by Gasteiger charge is -2.31. The first-order chi connectivity index (χ1) is 21.2. The minimum Gasteiger partial charge on any atom is -0.460 e. The highest BCUT2D eigenvalue weighted by Crippen LogP contribution is 2.09. The molecule has 18 heteroatoms. The number of rotatable bonds is 10. The standard InChI is InChI=1S/C13H20ClN3O5.C8H16BrNO2.C5H8O3.C2H8N2/c1-13(2,3)22-12(21)15-5-4-6-16-7-8-17(11(14)20)10(19)9(16)18;1-8(2,3)12-7(11)10-6-4-5-9;1-3-8-5(7)4(2)6;3-1-2-4/h4-8H2,1-3H3,(H,15,21);4-6H2,1-3H3,(H,10,11);3H2,1-2H3;1-4H2. The lowest BCUT2D eigenvalue weighted by molar-refractivity contribution is -0.153. The van der Waals surface area contributed by atoms with Gasteiger partial charge in [0.25, 0.3) is 0 Å². The van der Waals surface area contributed by atoms with Crippen molar-refractivity contribution in [3.63, 3.8) is 0 Å². The molecule has 0 unspecified atom stereocenters. The number of imide groups is 1. The van der Waals surface area contributed by atoms with Crippen molar-refractivity contribution in [1.29, 1.82) is 0 Å². The number of piperazine rings is 1. The van der Waals surface area contributed by atoms with Crippen LogP contribution < -0.4 is 22.1 Å².